The van der Waals surface area contributed by atoms with E-state index in [0.29, 0.717) is 13.1 Å². The molecular formula is C24H26FN3OS. The third kappa shape index (κ3) is 3.33. The normalized spacial score (nSPS) is 17.7. The maximum atomic E-state index is 13.3. The second kappa shape index (κ2) is 7.91. The van der Waals surface area contributed by atoms with Crippen molar-refractivity contribution in [2.24, 2.45) is 0 Å². The number of nitrogens with one attached hydrogen (secondary N) is 1. The van der Waals surface area contributed by atoms with E-state index < -0.39 is 0 Å². The monoisotopic (exact) mass is 423 g/mol. The summed E-state index contributed by atoms with van der Waals surface area (Å²) in [6, 6.07) is 10.5. The number of nitrogens with zero attached hydrogens (tertiary/aromatic N) is 2. The van der Waals surface area contributed by atoms with Gasteiger partial charge in [0, 0.05) is 28.9 Å². The quantitative estimate of drug-likeness (QED) is 0.574. The molecule has 2 aliphatic rings. The number of hydrogen-bond acceptors (Lipinski definition) is 2. The molecule has 0 radical (unpaired) electrons. The smallest absolute Gasteiger partial charge is 0.318 e. The van der Waals surface area contributed by atoms with Gasteiger partial charge < -0.3 is 14.8 Å². The molecule has 3 aromatic rings. The summed E-state index contributed by atoms with van der Waals surface area (Å²) in [6.07, 6.45) is 7.73. The van der Waals surface area contributed by atoms with E-state index in [4.69, 9.17) is 0 Å². The zero-order valence-corrected chi connectivity index (χ0v) is 18.0. The van der Waals surface area contributed by atoms with Crippen LogP contribution in [-0.4, -0.2) is 15.5 Å². The Bertz CT molecular complexity index is 1070. The molecule has 0 saturated carbocycles. The molecule has 1 atom stereocenters. The van der Waals surface area contributed by atoms with Crippen molar-refractivity contribution in [2.45, 2.75) is 58.2 Å². The van der Waals surface area contributed by atoms with E-state index in [1.54, 1.807) is 12.1 Å². The Kier molecular flexibility index (Phi) is 5.11. The number of hydrogen-bond donors (Lipinski definition) is 1. The second-order valence-electron chi connectivity index (χ2n) is 8.13. The van der Waals surface area contributed by atoms with Crippen LogP contribution in [0.1, 0.15) is 59.5 Å². The number of aryl methyl sites for hydroxylation is 1. The molecule has 30 heavy (non-hydrogen) atoms. The van der Waals surface area contributed by atoms with Crippen LogP contribution in [0.5, 0.6) is 0 Å². The Morgan fingerprint density at radius 3 is 2.77 bits per heavy atom. The van der Waals surface area contributed by atoms with Crippen molar-refractivity contribution in [1.82, 2.24) is 14.8 Å². The number of aromatic nitrogens is 1. The minimum Gasteiger partial charge on any atom is -0.334 e. The van der Waals surface area contributed by atoms with E-state index >= 15 is 0 Å². The molecule has 0 fully saturated rings. The number of benzene rings is 1. The van der Waals surface area contributed by atoms with Gasteiger partial charge in [-0.25, -0.2) is 9.18 Å². The molecule has 1 N–H and O–H groups in total. The predicted molar refractivity (Wildman–Crippen MR) is 117 cm³/mol. The van der Waals surface area contributed by atoms with Crippen molar-refractivity contribution in [3.8, 4) is 5.00 Å². The van der Waals surface area contributed by atoms with Crippen LogP contribution in [-0.2, 0) is 25.9 Å². The highest BCUT2D eigenvalue weighted by molar-refractivity contribution is 7.15. The third-order valence-electron chi connectivity index (χ3n) is 6.31. The summed E-state index contributed by atoms with van der Waals surface area (Å²) in [7, 11) is 0. The topological polar surface area (TPSA) is 37.3 Å². The highest BCUT2D eigenvalue weighted by Gasteiger charge is 2.34. The van der Waals surface area contributed by atoms with Crippen LogP contribution in [0.4, 0.5) is 9.18 Å². The Hall–Kier alpha value is -2.60. The molecule has 3 heterocycles. The first-order valence-electron chi connectivity index (χ1n) is 10.8. The highest BCUT2D eigenvalue weighted by atomic mass is 32.1. The number of carbonyl (C=O) groups is 1. The van der Waals surface area contributed by atoms with Crippen LogP contribution >= 0.6 is 11.3 Å². The van der Waals surface area contributed by atoms with Crippen molar-refractivity contribution in [3.05, 3.63) is 75.7 Å². The van der Waals surface area contributed by atoms with Gasteiger partial charge in [-0.3, -0.25) is 0 Å². The van der Waals surface area contributed by atoms with Crippen LogP contribution in [0.25, 0.3) is 5.00 Å². The van der Waals surface area contributed by atoms with Gasteiger partial charge in [-0.1, -0.05) is 19.1 Å². The van der Waals surface area contributed by atoms with Crippen LogP contribution in [0.3, 0.4) is 0 Å². The maximum Gasteiger partial charge on any atom is 0.318 e. The van der Waals surface area contributed by atoms with Crippen LogP contribution in [0.15, 0.2) is 42.6 Å². The summed E-state index contributed by atoms with van der Waals surface area (Å²) in [5.41, 5.74) is 4.85. The molecule has 1 aliphatic heterocycles. The molecule has 4 nitrogen and oxygen atoms in total. The second-order valence-corrected chi connectivity index (χ2v) is 9.22. The lowest BCUT2D eigenvalue weighted by Crippen LogP contribution is -2.41. The molecule has 0 spiro atoms. The summed E-state index contributed by atoms with van der Waals surface area (Å²) >= 11 is 1.91. The van der Waals surface area contributed by atoms with Gasteiger partial charge in [0.05, 0.1) is 12.6 Å². The number of halogens is 1. The molecular weight excluding hydrogens is 397 g/mol. The highest BCUT2D eigenvalue weighted by Crippen LogP contribution is 2.42. The van der Waals surface area contributed by atoms with Gasteiger partial charge in [0.1, 0.15) is 10.8 Å². The molecule has 1 aliphatic carbocycles. The number of carbonyl (C=O) groups excluding carboxylic acids is 1. The minimum absolute atomic E-state index is 0.0204. The fraction of sp³-hybridized carbons (Fsp3) is 0.375. The van der Waals surface area contributed by atoms with Gasteiger partial charge in [-0.2, -0.15) is 0 Å². The van der Waals surface area contributed by atoms with Crippen LogP contribution in [0.2, 0.25) is 0 Å². The molecule has 1 aromatic carbocycles. The summed E-state index contributed by atoms with van der Waals surface area (Å²) in [4.78, 5) is 16.8. The average molecular weight is 424 g/mol. The van der Waals surface area contributed by atoms with E-state index in [-0.39, 0.29) is 17.9 Å². The van der Waals surface area contributed by atoms with Crippen molar-refractivity contribution in [2.75, 3.05) is 0 Å². The fourth-order valence-corrected chi connectivity index (χ4v) is 6.19. The number of urea groups is 1. The predicted octanol–water partition coefficient (Wildman–Crippen LogP) is 5.73. The molecule has 1 unspecified atom stereocenters. The van der Waals surface area contributed by atoms with Crippen molar-refractivity contribution in [1.29, 1.82) is 0 Å². The molecule has 2 amide bonds. The van der Waals surface area contributed by atoms with E-state index in [1.165, 1.54) is 51.7 Å². The Morgan fingerprint density at radius 1 is 1.17 bits per heavy atom. The van der Waals surface area contributed by atoms with Gasteiger partial charge in [0.15, 0.2) is 0 Å². The fourth-order valence-electron chi connectivity index (χ4n) is 4.79. The Balaban J connectivity index is 1.48. The van der Waals surface area contributed by atoms with Gasteiger partial charge in [0.25, 0.3) is 0 Å². The van der Waals surface area contributed by atoms with E-state index in [0.717, 1.165) is 24.8 Å². The number of fused-ring (bicyclic) bond motifs is 5. The first-order valence-corrected chi connectivity index (χ1v) is 11.6. The SMILES string of the molecule is CCC1c2cccn2-c2sc3c(c2CN1C(=O)NCc1ccc(F)cc1)CCCC3. The average Bonchev–Trinajstić information content (AvgIpc) is 3.35. The first kappa shape index (κ1) is 19.4. The molecule has 2 aromatic heterocycles. The van der Waals surface area contributed by atoms with Crippen molar-refractivity contribution < 1.29 is 9.18 Å². The zero-order valence-electron chi connectivity index (χ0n) is 17.2. The van der Waals surface area contributed by atoms with Crippen LogP contribution < -0.4 is 5.32 Å². The summed E-state index contributed by atoms with van der Waals surface area (Å²) in [5.74, 6) is -0.265. The lowest BCUT2D eigenvalue weighted by molar-refractivity contribution is 0.167. The molecule has 5 rings (SSSR count). The third-order valence-corrected chi connectivity index (χ3v) is 7.64. The summed E-state index contributed by atoms with van der Waals surface area (Å²) in [6.45, 7) is 3.16. The standard InChI is InChI=1S/C24H26FN3OS/c1-2-20-21-7-5-13-27(21)23-19(18-6-3-4-8-22(18)30-23)15-28(20)24(29)26-14-16-9-11-17(25)12-10-16/h5,7,9-13,20H,2-4,6,8,14-15H2,1H3,(H,26,29). The molecule has 6 heteroatoms. The first-order chi connectivity index (χ1) is 14.7. The zero-order chi connectivity index (χ0) is 20.7. The number of amides is 2. The number of rotatable bonds is 3. The maximum absolute atomic E-state index is 13.3. The lowest BCUT2D eigenvalue weighted by atomic mass is 9.95. The Morgan fingerprint density at radius 2 is 1.97 bits per heavy atom. The molecule has 0 saturated heterocycles. The lowest BCUT2D eigenvalue weighted by Gasteiger charge is -2.30. The van der Waals surface area contributed by atoms with Crippen molar-refractivity contribution in [3.63, 3.8) is 0 Å². The van der Waals surface area contributed by atoms with Gasteiger partial charge in [0.2, 0.25) is 0 Å². The Labute approximate surface area is 180 Å². The molecule has 156 valence electrons. The van der Waals surface area contributed by atoms with E-state index in [2.05, 4.69) is 35.1 Å². The van der Waals surface area contributed by atoms with E-state index in [9.17, 15) is 9.18 Å². The summed E-state index contributed by atoms with van der Waals surface area (Å²) < 4.78 is 15.5. The largest absolute Gasteiger partial charge is 0.334 e. The van der Waals surface area contributed by atoms with Gasteiger partial charge in [-0.05, 0) is 67.5 Å². The summed E-state index contributed by atoms with van der Waals surface area (Å²) in [5, 5.41) is 4.35. The van der Waals surface area contributed by atoms with Gasteiger partial charge >= 0.3 is 6.03 Å². The van der Waals surface area contributed by atoms with Crippen molar-refractivity contribution >= 4 is 17.4 Å². The van der Waals surface area contributed by atoms with Gasteiger partial charge in [-0.15, -0.1) is 11.3 Å². The van der Waals surface area contributed by atoms with Crippen LogP contribution in [0, 0.1) is 5.82 Å². The number of thiophene rings is 1. The minimum atomic E-state index is -0.265. The molecule has 0 bridgehead atoms. The van der Waals surface area contributed by atoms with E-state index in [1.807, 2.05) is 16.2 Å².